The normalized spacial score (nSPS) is 22.4. The molecule has 4 heteroatoms. The molecule has 0 saturated carbocycles. The molecule has 10 heavy (non-hydrogen) atoms. The second-order valence-electron chi connectivity index (χ2n) is 2.09. The van der Waals surface area contributed by atoms with Gasteiger partial charge in [-0.2, -0.15) is 10.2 Å². The standard InChI is InChI=1S/C6H7N3S/c1-2-9-5-10-4-6(9)3-8-7-1/h1-2,4H,3,5H2. The lowest BCUT2D eigenvalue weighted by Crippen LogP contribution is -2.11. The summed E-state index contributed by atoms with van der Waals surface area (Å²) in [5.41, 5.74) is 1.25. The molecule has 2 aliphatic heterocycles. The lowest BCUT2D eigenvalue weighted by Gasteiger charge is -2.11. The Kier molecular flexibility index (Phi) is 1.47. The molecule has 0 N–H and O–H groups in total. The molecule has 0 saturated heterocycles. The van der Waals surface area contributed by atoms with Gasteiger partial charge in [0.2, 0.25) is 0 Å². The fourth-order valence-corrected chi connectivity index (χ4v) is 1.79. The maximum atomic E-state index is 3.93. The average Bonchev–Trinajstić information content (AvgIpc) is 2.28. The van der Waals surface area contributed by atoms with Crippen molar-refractivity contribution in [3.63, 3.8) is 0 Å². The van der Waals surface area contributed by atoms with Crippen LogP contribution >= 0.6 is 11.8 Å². The molecule has 0 aromatic heterocycles. The van der Waals surface area contributed by atoms with Crippen LogP contribution in [-0.2, 0) is 0 Å². The van der Waals surface area contributed by atoms with E-state index in [4.69, 9.17) is 0 Å². The summed E-state index contributed by atoms with van der Waals surface area (Å²) < 4.78 is 0. The van der Waals surface area contributed by atoms with Crippen LogP contribution in [0.5, 0.6) is 0 Å². The van der Waals surface area contributed by atoms with Crippen molar-refractivity contribution < 1.29 is 0 Å². The molecular weight excluding hydrogens is 146 g/mol. The zero-order valence-electron chi connectivity index (χ0n) is 5.40. The van der Waals surface area contributed by atoms with Gasteiger partial charge < -0.3 is 4.90 Å². The second kappa shape index (κ2) is 2.46. The molecule has 0 radical (unpaired) electrons. The van der Waals surface area contributed by atoms with Crippen LogP contribution in [0.15, 0.2) is 33.7 Å². The van der Waals surface area contributed by atoms with E-state index < -0.39 is 0 Å². The number of thioether (sulfide) groups is 1. The molecule has 0 aromatic rings. The summed E-state index contributed by atoms with van der Waals surface area (Å²) in [4.78, 5) is 2.16. The third-order valence-corrected chi connectivity index (χ3v) is 2.30. The van der Waals surface area contributed by atoms with E-state index in [1.54, 1.807) is 18.0 Å². The van der Waals surface area contributed by atoms with Crippen LogP contribution in [0.25, 0.3) is 0 Å². The molecule has 52 valence electrons. The van der Waals surface area contributed by atoms with Gasteiger partial charge in [0.1, 0.15) is 6.54 Å². The van der Waals surface area contributed by atoms with Gasteiger partial charge in [0.15, 0.2) is 0 Å². The first-order chi connectivity index (χ1) is 4.97. The highest BCUT2D eigenvalue weighted by Crippen LogP contribution is 2.24. The number of nitrogens with zero attached hydrogens (tertiary/aromatic N) is 3. The van der Waals surface area contributed by atoms with Gasteiger partial charge in [0.25, 0.3) is 0 Å². The van der Waals surface area contributed by atoms with Gasteiger partial charge in [-0.05, 0) is 5.41 Å². The van der Waals surface area contributed by atoms with Crippen LogP contribution in [0, 0.1) is 0 Å². The molecule has 0 spiro atoms. The first-order valence-corrected chi connectivity index (χ1v) is 4.12. The van der Waals surface area contributed by atoms with Crippen molar-refractivity contribution >= 4 is 11.8 Å². The van der Waals surface area contributed by atoms with Crippen molar-refractivity contribution in [3.05, 3.63) is 23.5 Å². The Morgan fingerprint density at radius 2 is 2.60 bits per heavy atom. The Bertz CT molecular complexity index is 219. The number of azo groups is 1. The SMILES string of the molecule is C1=CN2CSC=C2CN=N1. The van der Waals surface area contributed by atoms with E-state index in [1.807, 2.05) is 6.20 Å². The van der Waals surface area contributed by atoms with Crippen molar-refractivity contribution in [1.29, 1.82) is 0 Å². The second-order valence-corrected chi connectivity index (χ2v) is 2.92. The third-order valence-electron chi connectivity index (χ3n) is 1.43. The van der Waals surface area contributed by atoms with Crippen molar-refractivity contribution in [1.82, 2.24) is 4.90 Å². The van der Waals surface area contributed by atoms with Crippen LogP contribution in [0.1, 0.15) is 0 Å². The number of rotatable bonds is 0. The van der Waals surface area contributed by atoms with Crippen molar-refractivity contribution in [3.8, 4) is 0 Å². The van der Waals surface area contributed by atoms with Gasteiger partial charge in [-0.1, -0.05) is 0 Å². The Hall–Kier alpha value is -0.770. The van der Waals surface area contributed by atoms with Gasteiger partial charge in [-0.3, -0.25) is 0 Å². The zero-order chi connectivity index (χ0) is 6.81. The van der Waals surface area contributed by atoms with E-state index in [-0.39, 0.29) is 0 Å². The topological polar surface area (TPSA) is 28.0 Å². The first-order valence-electron chi connectivity index (χ1n) is 3.07. The van der Waals surface area contributed by atoms with Crippen LogP contribution in [0.4, 0.5) is 0 Å². The molecule has 0 atom stereocenters. The van der Waals surface area contributed by atoms with Crippen molar-refractivity contribution in [2.75, 3.05) is 12.4 Å². The summed E-state index contributed by atoms with van der Waals surface area (Å²) in [5, 5.41) is 9.87. The number of fused-ring (bicyclic) bond motifs is 1. The van der Waals surface area contributed by atoms with Gasteiger partial charge in [0, 0.05) is 11.9 Å². The van der Waals surface area contributed by atoms with Crippen molar-refractivity contribution in [2.24, 2.45) is 10.2 Å². The van der Waals surface area contributed by atoms with Gasteiger partial charge in [-0.15, -0.1) is 11.8 Å². The van der Waals surface area contributed by atoms with Gasteiger partial charge in [0.05, 0.1) is 12.1 Å². The minimum Gasteiger partial charge on any atom is -0.338 e. The smallest absolute Gasteiger partial charge is 0.101 e. The molecule has 0 aliphatic carbocycles. The van der Waals surface area contributed by atoms with Crippen molar-refractivity contribution in [2.45, 2.75) is 0 Å². The zero-order valence-corrected chi connectivity index (χ0v) is 6.21. The third kappa shape index (κ3) is 0.945. The minimum absolute atomic E-state index is 0.722. The summed E-state index contributed by atoms with van der Waals surface area (Å²) in [5.74, 6) is 1.01. The molecule has 2 aliphatic rings. The Morgan fingerprint density at radius 3 is 3.60 bits per heavy atom. The Labute approximate surface area is 63.5 Å². The van der Waals surface area contributed by atoms with Crippen LogP contribution < -0.4 is 0 Å². The van der Waals surface area contributed by atoms with Crippen LogP contribution in [0.3, 0.4) is 0 Å². The molecule has 2 heterocycles. The summed E-state index contributed by atoms with van der Waals surface area (Å²) in [6.07, 6.45) is 3.69. The minimum atomic E-state index is 0.722. The van der Waals surface area contributed by atoms with E-state index in [9.17, 15) is 0 Å². The van der Waals surface area contributed by atoms with E-state index in [0.717, 1.165) is 12.4 Å². The first kappa shape index (κ1) is 5.97. The van der Waals surface area contributed by atoms with E-state index >= 15 is 0 Å². The largest absolute Gasteiger partial charge is 0.338 e. The maximum Gasteiger partial charge on any atom is 0.101 e. The molecule has 0 bridgehead atoms. The fourth-order valence-electron chi connectivity index (χ4n) is 0.902. The van der Waals surface area contributed by atoms with Crippen LogP contribution in [0.2, 0.25) is 0 Å². The quantitative estimate of drug-likeness (QED) is 0.530. The molecule has 2 rings (SSSR count). The highest BCUT2D eigenvalue weighted by atomic mass is 32.2. The van der Waals surface area contributed by atoms with E-state index in [1.165, 1.54) is 5.70 Å². The fraction of sp³-hybridized carbons (Fsp3) is 0.333. The predicted octanol–water partition coefficient (Wildman–Crippen LogP) is 1.77. The highest BCUT2D eigenvalue weighted by molar-refractivity contribution is 8.02. The van der Waals surface area contributed by atoms with E-state index in [0.29, 0.717) is 0 Å². The van der Waals surface area contributed by atoms with Gasteiger partial charge >= 0.3 is 0 Å². The molecule has 3 nitrogen and oxygen atoms in total. The molecule has 0 amide bonds. The highest BCUT2D eigenvalue weighted by Gasteiger charge is 2.12. The Balaban J connectivity index is 2.24. The molecular formula is C6H7N3S. The predicted molar refractivity (Wildman–Crippen MR) is 41.2 cm³/mol. The summed E-state index contributed by atoms with van der Waals surface area (Å²) in [6.45, 7) is 0.722. The monoisotopic (exact) mass is 153 g/mol. The molecule has 0 unspecified atom stereocenters. The summed E-state index contributed by atoms with van der Waals surface area (Å²) in [7, 11) is 0. The summed E-state index contributed by atoms with van der Waals surface area (Å²) >= 11 is 1.80. The molecule has 0 fully saturated rings. The summed E-state index contributed by atoms with van der Waals surface area (Å²) in [6, 6.07) is 0. The van der Waals surface area contributed by atoms with Gasteiger partial charge in [-0.25, -0.2) is 0 Å². The maximum absolute atomic E-state index is 3.93. The lowest BCUT2D eigenvalue weighted by molar-refractivity contribution is 0.552. The number of hydrogen-bond donors (Lipinski definition) is 0. The van der Waals surface area contributed by atoms with Crippen LogP contribution in [-0.4, -0.2) is 17.3 Å². The number of hydrogen-bond acceptors (Lipinski definition) is 4. The molecule has 0 aromatic carbocycles. The Morgan fingerprint density at radius 1 is 1.60 bits per heavy atom. The lowest BCUT2D eigenvalue weighted by atomic mass is 10.4. The van der Waals surface area contributed by atoms with E-state index in [2.05, 4.69) is 20.5 Å². The average molecular weight is 153 g/mol.